The summed E-state index contributed by atoms with van der Waals surface area (Å²) in [4.78, 5) is 0. The van der Waals surface area contributed by atoms with Crippen LogP contribution in [0.5, 0.6) is 17.2 Å². The zero-order chi connectivity index (χ0) is 15.1. The molecule has 0 aliphatic carbocycles. The normalized spacial score (nSPS) is 10.2. The molecule has 1 N–H and O–H groups in total. The second-order valence-corrected chi connectivity index (χ2v) is 4.57. The fourth-order valence-electron chi connectivity index (χ4n) is 2.08. The van der Waals surface area contributed by atoms with Crippen molar-refractivity contribution in [3.8, 4) is 17.2 Å². The minimum absolute atomic E-state index is 0.0373. The van der Waals surface area contributed by atoms with Crippen LogP contribution in [0.4, 0.5) is 0 Å². The van der Waals surface area contributed by atoms with Gasteiger partial charge in [0.15, 0.2) is 11.5 Å². The molecule has 2 aromatic carbocycles. The lowest BCUT2D eigenvalue weighted by Crippen LogP contribution is -2.11. The smallest absolute Gasteiger partial charge is 0.161 e. The van der Waals surface area contributed by atoms with Crippen LogP contribution in [0.3, 0.4) is 0 Å². The number of ether oxygens (including phenoxy) is 3. The molecule has 0 fully saturated rings. The molecular weight excluding hydrogens is 268 g/mol. The van der Waals surface area contributed by atoms with E-state index in [1.165, 1.54) is 0 Å². The number of aliphatic hydroxyl groups is 1. The first kappa shape index (κ1) is 15.2. The Morgan fingerprint density at radius 3 is 2.33 bits per heavy atom. The number of rotatable bonds is 7. The van der Waals surface area contributed by atoms with E-state index in [1.54, 1.807) is 7.11 Å². The first-order valence-corrected chi connectivity index (χ1v) is 6.84. The molecule has 112 valence electrons. The van der Waals surface area contributed by atoms with Gasteiger partial charge in [-0.3, -0.25) is 0 Å². The topological polar surface area (TPSA) is 47.9 Å². The van der Waals surface area contributed by atoms with E-state index in [1.807, 2.05) is 49.4 Å². The quantitative estimate of drug-likeness (QED) is 0.796. The van der Waals surface area contributed by atoms with Crippen LogP contribution < -0.4 is 14.2 Å². The SMILES string of the molecule is COc1ccccc1OCCOc1c(C)cccc1CO. The zero-order valence-electron chi connectivity index (χ0n) is 12.3. The highest BCUT2D eigenvalue weighted by atomic mass is 16.5. The van der Waals surface area contributed by atoms with Crippen LogP contribution in [0, 0.1) is 6.92 Å². The average molecular weight is 288 g/mol. The molecule has 0 aromatic heterocycles. The largest absolute Gasteiger partial charge is 0.493 e. The number of hydrogen-bond donors (Lipinski definition) is 1. The van der Waals surface area contributed by atoms with Gasteiger partial charge in [-0.25, -0.2) is 0 Å². The zero-order valence-corrected chi connectivity index (χ0v) is 12.3. The van der Waals surface area contributed by atoms with Gasteiger partial charge in [0.2, 0.25) is 0 Å². The van der Waals surface area contributed by atoms with Crippen molar-refractivity contribution in [2.45, 2.75) is 13.5 Å². The van der Waals surface area contributed by atoms with Crippen molar-refractivity contribution in [2.24, 2.45) is 0 Å². The summed E-state index contributed by atoms with van der Waals surface area (Å²) in [5.41, 5.74) is 1.78. The van der Waals surface area contributed by atoms with Gasteiger partial charge in [0.1, 0.15) is 19.0 Å². The third-order valence-electron chi connectivity index (χ3n) is 3.12. The van der Waals surface area contributed by atoms with Crippen molar-refractivity contribution in [2.75, 3.05) is 20.3 Å². The molecule has 0 bridgehead atoms. The van der Waals surface area contributed by atoms with Crippen molar-refractivity contribution in [3.05, 3.63) is 53.6 Å². The molecule has 0 saturated carbocycles. The molecule has 0 aliphatic heterocycles. The van der Waals surface area contributed by atoms with Crippen LogP contribution >= 0.6 is 0 Å². The maximum Gasteiger partial charge on any atom is 0.161 e. The summed E-state index contributed by atoms with van der Waals surface area (Å²) >= 11 is 0. The second-order valence-electron chi connectivity index (χ2n) is 4.57. The monoisotopic (exact) mass is 288 g/mol. The summed E-state index contributed by atoms with van der Waals surface area (Å²) in [6.45, 7) is 2.72. The minimum atomic E-state index is -0.0373. The lowest BCUT2D eigenvalue weighted by atomic mass is 10.1. The lowest BCUT2D eigenvalue weighted by Gasteiger charge is -2.14. The van der Waals surface area contributed by atoms with Gasteiger partial charge < -0.3 is 19.3 Å². The molecule has 0 amide bonds. The molecule has 4 heteroatoms. The van der Waals surface area contributed by atoms with E-state index < -0.39 is 0 Å². The van der Waals surface area contributed by atoms with E-state index in [0.29, 0.717) is 24.7 Å². The molecule has 2 rings (SSSR count). The summed E-state index contributed by atoms with van der Waals surface area (Å²) in [7, 11) is 1.61. The predicted molar refractivity (Wildman–Crippen MR) is 81.1 cm³/mol. The molecule has 0 spiro atoms. The number of para-hydroxylation sites is 3. The highest BCUT2D eigenvalue weighted by Gasteiger charge is 2.07. The number of hydrogen-bond acceptors (Lipinski definition) is 4. The van der Waals surface area contributed by atoms with Gasteiger partial charge in [0, 0.05) is 5.56 Å². The number of aliphatic hydroxyl groups excluding tert-OH is 1. The van der Waals surface area contributed by atoms with E-state index >= 15 is 0 Å². The van der Waals surface area contributed by atoms with Gasteiger partial charge in [-0.2, -0.15) is 0 Å². The van der Waals surface area contributed by atoms with Crippen molar-refractivity contribution in [1.82, 2.24) is 0 Å². The molecule has 2 aromatic rings. The first-order valence-electron chi connectivity index (χ1n) is 6.84. The summed E-state index contributed by atoms with van der Waals surface area (Å²) in [6, 6.07) is 13.2. The van der Waals surface area contributed by atoms with Crippen molar-refractivity contribution < 1.29 is 19.3 Å². The summed E-state index contributed by atoms with van der Waals surface area (Å²) in [6.07, 6.45) is 0. The Morgan fingerprint density at radius 2 is 1.62 bits per heavy atom. The Balaban J connectivity index is 1.91. The molecule has 0 unspecified atom stereocenters. The molecule has 0 radical (unpaired) electrons. The van der Waals surface area contributed by atoms with Gasteiger partial charge in [0.05, 0.1) is 13.7 Å². The Kier molecular flexibility index (Phi) is 5.46. The highest BCUT2D eigenvalue weighted by Crippen LogP contribution is 2.26. The van der Waals surface area contributed by atoms with Crippen LogP contribution in [0.15, 0.2) is 42.5 Å². The highest BCUT2D eigenvalue weighted by molar-refractivity contribution is 5.40. The van der Waals surface area contributed by atoms with Gasteiger partial charge in [-0.1, -0.05) is 30.3 Å². The summed E-state index contributed by atoms with van der Waals surface area (Å²) in [5.74, 6) is 2.11. The van der Waals surface area contributed by atoms with Crippen molar-refractivity contribution in [1.29, 1.82) is 0 Å². The fraction of sp³-hybridized carbons (Fsp3) is 0.294. The van der Waals surface area contributed by atoms with Gasteiger partial charge in [-0.15, -0.1) is 0 Å². The molecule has 0 atom stereocenters. The maximum atomic E-state index is 9.32. The standard InChI is InChI=1S/C17H20O4/c1-13-6-5-7-14(12-18)17(13)21-11-10-20-16-9-4-3-8-15(16)19-2/h3-9,18H,10-12H2,1-2H3. The molecule has 0 heterocycles. The molecular formula is C17H20O4. The molecule has 4 nitrogen and oxygen atoms in total. The van der Waals surface area contributed by atoms with E-state index in [2.05, 4.69) is 0 Å². The third-order valence-corrected chi connectivity index (χ3v) is 3.12. The Bertz CT molecular complexity index is 581. The summed E-state index contributed by atoms with van der Waals surface area (Å²) in [5, 5.41) is 9.32. The van der Waals surface area contributed by atoms with E-state index in [4.69, 9.17) is 14.2 Å². The van der Waals surface area contributed by atoms with Crippen molar-refractivity contribution in [3.63, 3.8) is 0 Å². The Labute approximate surface area is 124 Å². The summed E-state index contributed by atoms with van der Waals surface area (Å²) < 4.78 is 16.6. The maximum absolute atomic E-state index is 9.32. The Hall–Kier alpha value is -2.20. The average Bonchev–Trinajstić information content (AvgIpc) is 2.52. The predicted octanol–water partition coefficient (Wildman–Crippen LogP) is 2.95. The molecule has 0 saturated heterocycles. The Morgan fingerprint density at radius 1 is 0.905 bits per heavy atom. The number of benzene rings is 2. The van der Waals surface area contributed by atoms with Crippen LogP contribution in [-0.4, -0.2) is 25.4 Å². The fourth-order valence-corrected chi connectivity index (χ4v) is 2.08. The van der Waals surface area contributed by atoms with E-state index in [9.17, 15) is 5.11 Å². The van der Waals surface area contributed by atoms with E-state index in [-0.39, 0.29) is 6.61 Å². The second kappa shape index (κ2) is 7.55. The van der Waals surface area contributed by atoms with E-state index in [0.717, 1.165) is 16.9 Å². The van der Waals surface area contributed by atoms with Crippen LogP contribution in [0.2, 0.25) is 0 Å². The minimum Gasteiger partial charge on any atom is -0.493 e. The molecule has 0 aliphatic rings. The number of methoxy groups -OCH3 is 1. The van der Waals surface area contributed by atoms with Crippen molar-refractivity contribution >= 4 is 0 Å². The molecule has 21 heavy (non-hydrogen) atoms. The van der Waals surface area contributed by atoms with Gasteiger partial charge >= 0.3 is 0 Å². The first-order chi connectivity index (χ1) is 10.3. The third kappa shape index (κ3) is 3.89. The lowest BCUT2D eigenvalue weighted by molar-refractivity contribution is 0.204. The van der Waals surface area contributed by atoms with Gasteiger partial charge in [-0.05, 0) is 24.6 Å². The van der Waals surface area contributed by atoms with Crippen LogP contribution in [-0.2, 0) is 6.61 Å². The van der Waals surface area contributed by atoms with Crippen LogP contribution in [0.25, 0.3) is 0 Å². The van der Waals surface area contributed by atoms with Crippen LogP contribution in [0.1, 0.15) is 11.1 Å². The number of aryl methyl sites for hydroxylation is 1. The van der Waals surface area contributed by atoms with Gasteiger partial charge in [0.25, 0.3) is 0 Å².